The highest BCUT2D eigenvalue weighted by Gasteiger charge is 2.21. The minimum atomic E-state index is -0.229. The van der Waals surface area contributed by atoms with Crippen LogP contribution in [0.25, 0.3) is 10.8 Å². The third kappa shape index (κ3) is 2.71. The predicted molar refractivity (Wildman–Crippen MR) is 94.3 cm³/mol. The van der Waals surface area contributed by atoms with Crippen LogP contribution in [0.2, 0.25) is 0 Å². The Labute approximate surface area is 139 Å². The van der Waals surface area contributed by atoms with Gasteiger partial charge in [0.25, 0.3) is 11.5 Å². The van der Waals surface area contributed by atoms with E-state index in [1.807, 2.05) is 24.3 Å². The van der Waals surface area contributed by atoms with Gasteiger partial charge < -0.3 is 10.3 Å². The van der Waals surface area contributed by atoms with Gasteiger partial charge in [0.1, 0.15) is 5.69 Å². The van der Waals surface area contributed by atoms with Crippen molar-refractivity contribution in [3.63, 3.8) is 0 Å². The lowest BCUT2D eigenvalue weighted by Gasteiger charge is -2.25. The molecule has 1 heterocycles. The van der Waals surface area contributed by atoms with Crippen LogP contribution in [-0.4, -0.2) is 16.9 Å². The number of amides is 1. The third-order valence-corrected chi connectivity index (χ3v) is 4.68. The quantitative estimate of drug-likeness (QED) is 0.763. The number of carbonyl (C=O) groups excluding carboxylic acids is 1. The van der Waals surface area contributed by atoms with Crippen molar-refractivity contribution < 1.29 is 4.79 Å². The highest BCUT2D eigenvalue weighted by molar-refractivity contribution is 5.96. The molecule has 1 atom stereocenters. The summed E-state index contributed by atoms with van der Waals surface area (Å²) in [5, 5.41) is 4.43. The highest BCUT2D eigenvalue weighted by Crippen LogP contribution is 2.21. The summed E-state index contributed by atoms with van der Waals surface area (Å²) in [6.45, 7) is 0. The van der Waals surface area contributed by atoms with Crippen molar-refractivity contribution in [1.82, 2.24) is 10.3 Å². The molecular formula is C20H18N2O2. The first-order valence-corrected chi connectivity index (χ1v) is 8.20. The molecule has 0 radical (unpaired) electrons. The van der Waals surface area contributed by atoms with Crippen LogP contribution in [0, 0.1) is 0 Å². The molecule has 3 aromatic rings. The number of hydrogen-bond acceptors (Lipinski definition) is 2. The summed E-state index contributed by atoms with van der Waals surface area (Å²) in [6.07, 6.45) is 2.72. The number of fused-ring (bicyclic) bond motifs is 2. The van der Waals surface area contributed by atoms with E-state index in [1.54, 1.807) is 12.1 Å². The second-order valence-electron chi connectivity index (χ2n) is 6.28. The number of H-pyrrole nitrogens is 1. The van der Waals surface area contributed by atoms with E-state index < -0.39 is 0 Å². The van der Waals surface area contributed by atoms with E-state index in [9.17, 15) is 9.59 Å². The Bertz CT molecular complexity index is 975. The average Bonchev–Trinajstić information content (AvgIpc) is 2.61. The molecule has 0 saturated carbocycles. The molecule has 0 saturated heterocycles. The molecule has 2 N–H and O–H groups in total. The molecule has 1 aromatic heterocycles. The standard InChI is InChI=1S/C20H18N2O2/c23-19-17-8-4-3-7-15(17)12-18(22-19)20(24)21-16-10-9-13-5-1-2-6-14(13)11-16/h1-8,12,16H,9-11H2,(H,21,24)(H,22,23). The maximum atomic E-state index is 12.5. The van der Waals surface area contributed by atoms with E-state index >= 15 is 0 Å². The fourth-order valence-electron chi connectivity index (χ4n) is 3.42. The number of pyridine rings is 1. The SMILES string of the molecule is O=C(NC1CCc2ccccc2C1)c1cc2ccccc2c(=O)[nH]1. The van der Waals surface area contributed by atoms with Gasteiger partial charge in [-0.1, -0.05) is 42.5 Å². The zero-order valence-corrected chi connectivity index (χ0v) is 13.2. The average molecular weight is 318 g/mol. The molecule has 1 aliphatic rings. The summed E-state index contributed by atoms with van der Waals surface area (Å²) in [6, 6.07) is 17.5. The van der Waals surface area contributed by atoms with Crippen LogP contribution in [0.3, 0.4) is 0 Å². The van der Waals surface area contributed by atoms with Gasteiger partial charge in [-0.3, -0.25) is 9.59 Å². The lowest BCUT2D eigenvalue weighted by Crippen LogP contribution is -2.39. The second-order valence-corrected chi connectivity index (χ2v) is 6.28. The van der Waals surface area contributed by atoms with Gasteiger partial charge in [-0.2, -0.15) is 0 Å². The molecular weight excluding hydrogens is 300 g/mol. The number of aryl methyl sites for hydroxylation is 1. The van der Waals surface area contributed by atoms with Crippen molar-refractivity contribution in [2.24, 2.45) is 0 Å². The van der Waals surface area contributed by atoms with Crippen LogP contribution < -0.4 is 10.9 Å². The predicted octanol–water partition coefficient (Wildman–Crippen LogP) is 2.82. The minimum absolute atomic E-state index is 0.0994. The normalized spacial score (nSPS) is 16.6. The molecule has 0 aliphatic heterocycles. The number of carbonyl (C=O) groups is 1. The smallest absolute Gasteiger partial charge is 0.268 e. The van der Waals surface area contributed by atoms with E-state index in [4.69, 9.17) is 0 Å². The van der Waals surface area contributed by atoms with Crippen molar-refractivity contribution in [2.75, 3.05) is 0 Å². The number of rotatable bonds is 2. The number of aromatic amines is 1. The highest BCUT2D eigenvalue weighted by atomic mass is 16.2. The fraction of sp³-hybridized carbons (Fsp3) is 0.200. The van der Waals surface area contributed by atoms with Gasteiger partial charge in [0.2, 0.25) is 0 Å². The number of benzene rings is 2. The van der Waals surface area contributed by atoms with Gasteiger partial charge >= 0.3 is 0 Å². The van der Waals surface area contributed by atoms with E-state index in [0.29, 0.717) is 11.1 Å². The summed E-state index contributed by atoms with van der Waals surface area (Å²) in [5.74, 6) is -0.220. The molecule has 2 aromatic carbocycles. The van der Waals surface area contributed by atoms with Crippen molar-refractivity contribution >= 4 is 16.7 Å². The lowest BCUT2D eigenvalue weighted by molar-refractivity contribution is 0.0928. The Balaban J connectivity index is 1.56. The van der Waals surface area contributed by atoms with Gasteiger partial charge in [-0.05, 0) is 47.9 Å². The zero-order chi connectivity index (χ0) is 16.5. The summed E-state index contributed by atoms with van der Waals surface area (Å²) in [5.41, 5.74) is 2.74. The minimum Gasteiger partial charge on any atom is -0.348 e. The topological polar surface area (TPSA) is 62.0 Å². The molecule has 4 rings (SSSR count). The Morgan fingerprint density at radius 3 is 2.67 bits per heavy atom. The monoisotopic (exact) mass is 318 g/mol. The molecule has 1 aliphatic carbocycles. The molecule has 4 nitrogen and oxygen atoms in total. The maximum Gasteiger partial charge on any atom is 0.268 e. The molecule has 120 valence electrons. The van der Waals surface area contributed by atoms with Gasteiger partial charge in [0, 0.05) is 11.4 Å². The summed E-state index contributed by atoms with van der Waals surface area (Å²) in [7, 11) is 0. The number of nitrogens with one attached hydrogen (secondary N) is 2. The van der Waals surface area contributed by atoms with Crippen LogP contribution in [-0.2, 0) is 12.8 Å². The van der Waals surface area contributed by atoms with Crippen LogP contribution >= 0.6 is 0 Å². The van der Waals surface area contributed by atoms with Crippen LogP contribution in [0.5, 0.6) is 0 Å². The van der Waals surface area contributed by atoms with E-state index in [2.05, 4.69) is 28.5 Å². The van der Waals surface area contributed by atoms with Crippen LogP contribution in [0.15, 0.2) is 59.4 Å². The van der Waals surface area contributed by atoms with Gasteiger partial charge in [0.05, 0.1) is 0 Å². The fourth-order valence-corrected chi connectivity index (χ4v) is 3.42. The Morgan fingerprint density at radius 1 is 1.04 bits per heavy atom. The molecule has 0 bridgehead atoms. The van der Waals surface area contributed by atoms with Crippen molar-refractivity contribution in [3.05, 3.63) is 81.8 Å². The van der Waals surface area contributed by atoms with Crippen molar-refractivity contribution in [1.29, 1.82) is 0 Å². The molecule has 1 unspecified atom stereocenters. The second kappa shape index (κ2) is 5.96. The van der Waals surface area contributed by atoms with E-state index in [-0.39, 0.29) is 17.5 Å². The Morgan fingerprint density at radius 2 is 1.79 bits per heavy atom. The van der Waals surface area contributed by atoms with Gasteiger partial charge in [0.15, 0.2) is 0 Å². The first-order valence-electron chi connectivity index (χ1n) is 8.20. The van der Waals surface area contributed by atoms with Gasteiger partial charge in [-0.25, -0.2) is 0 Å². The van der Waals surface area contributed by atoms with Crippen molar-refractivity contribution in [3.8, 4) is 0 Å². The summed E-state index contributed by atoms with van der Waals surface area (Å²) in [4.78, 5) is 27.4. The Hall–Kier alpha value is -2.88. The first-order chi connectivity index (χ1) is 11.7. The summed E-state index contributed by atoms with van der Waals surface area (Å²) < 4.78 is 0. The number of hydrogen-bond donors (Lipinski definition) is 2. The molecule has 4 heteroatoms. The first kappa shape index (κ1) is 14.7. The Kier molecular flexibility index (Phi) is 3.65. The van der Waals surface area contributed by atoms with Gasteiger partial charge in [-0.15, -0.1) is 0 Å². The lowest BCUT2D eigenvalue weighted by atomic mass is 9.88. The third-order valence-electron chi connectivity index (χ3n) is 4.68. The van der Waals surface area contributed by atoms with E-state index in [0.717, 1.165) is 24.6 Å². The zero-order valence-electron chi connectivity index (χ0n) is 13.2. The maximum absolute atomic E-state index is 12.5. The van der Waals surface area contributed by atoms with E-state index in [1.165, 1.54) is 11.1 Å². The molecule has 1 amide bonds. The number of aromatic nitrogens is 1. The van der Waals surface area contributed by atoms with Crippen LogP contribution in [0.1, 0.15) is 28.0 Å². The molecule has 0 fully saturated rings. The van der Waals surface area contributed by atoms with Crippen LogP contribution in [0.4, 0.5) is 0 Å². The molecule has 24 heavy (non-hydrogen) atoms. The van der Waals surface area contributed by atoms with Crippen molar-refractivity contribution in [2.45, 2.75) is 25.3 Å². The summed E-state index contributed by atoms with van der Waals surface area (Å²) >= 11 is 0. The largest absolute Gasteiger partial charge is 0.348 e. The molecule has 0 spiro atoms.